The fourth-order valence-corrected chi connectivity index (χ4v) is 2.48. The quantitative estimate of drug-likeness (QED) is 0.869. The molecular weight excluding hydrogens is 284 g/mol. The summed E-state index contributed by atoms with van der Waals surface area (Å²) >= 11 is 0. The summed E-state index contributed by atoms with van der Waals surface area (Å²) in [5.74, 6) is -1.35. The van der Waals surface area contributed by atoms with Gasteiger partial charge in [0.1, 0.15) is 6.54 Å². The minimum absolute atomic E-state index is 0.0290. The zero-order chi connectivity index (χ0) is 16.3. The van der Waals surface area contributed by atoms with Crippen LogP contribution in [0, 0.1) is 0 Å². The molecule has 2 rings (SSSR count). The number of rotatable bonds is 5. The maximum absolute atomic E-state index is 12.6. The Hall–Kier alpha value is -2.37. The van der Waals surface area contributed by atoms with Crippen LogP contribution in [0.3, 0.4) is 0 Å². The van der Waals surface area contributed by atoms with Gasteiger partial charge in [-0.1, -0.05) is 6.92 Å². The van der Waals surface area contributed by atoms with Crippen LogP contribution in [0.2, 0.25) is 0 Å². The molecule has 1 aromatic rings. The van der Waals surface area contributed by atoms with Gasteiger partial charge in [-0.05, 0) is 43.5 Å². The molecule has 0 unspecified atom stereocenters. The number of hydrogen-bond acceptors (Lipinski definition) is 3. The van der Waals surface area contributed by atoms with Crippen molar-refractivity contribution >= 4 is 23.5 Å². The highest BCUT2D eigenvalue weighted by Crippen LogP contribution is 2.24. The number of carbonyl (C=O) groups is 3. The lowest BCUT2D eigenvalue weighted by atomic mass is 9.99. The highest BCUT2D eigenvalue weighted by Gasteiger charge is 2.24. The molecule has 0 saturated carbocycles. The van der Waals surface area contributed by atoms with Gasteiger partial charge in [-0.2, -0.15) is 0 Å². The van der Waals surface area contributed by atoms with Gasteiger partial charge in [-0.15, -0.1) is 0 Å². The van der Waals surface area contributed by atoms with Crippen molar-refractivity contribution in [3.8, 4) is 0 Å². The third-order valence-corrected chi connectivity index (χ3v) is 3.94. The van der Waals surface area contributed by atoms with E-state index in [4.69, 9.17) is 5.11 Å². The maximum Gasteiger partial charge on any atom is 0.323 e. The number of nitrogens with zero attached hydrogens (tertiary/aromatic N) is 1. The third-order valence-electron chi connectivity index (χ3n) is 3.94. The number of benzene rings is 1. The lowest BCUT2D eigenvalue weighted by Gasteiger charge is -2.27. The minimum atomic E-state index is -1.03. The number of carbonyl (C=O) groups excluding carboxylic acids is 2. The van der Waals surface area contributed by atoms with Crippen LogP contribution in [-0.2, 0) is 16.0 Å². The predicted octanol–water partition coefficient (Wildman–Crippen LogP) is 1.90. The molecule has 6 nitrogen and oxygen atoms in total. The number of nitrogens with one attached hydrogen (secondary N) is 1. The molecule has 6 heteroatoms. The van der Waals surface area contributed by atoms with Crippen LogP contribution in [0.15, 0.2) is 18.2 Å². The molecule has 0 saturated heterocycles. The highest BCUT2D eigenvalue weighted by molar-refractivity contribution is 5.98. The zero-order valence-electron chi connectivity index (χ0n) is 12.8. The van der Waals surface area contributed by atoms with E-state index < -0.39 is 5.97 Å². The van der Waals surface area contributed by atoms with Crippen LogP contribution < -0.4 is 5.32 Å². The van der Waals surface area contributed by atoms with Crippen molar-refractivity contribution in [2.45, 2.75) is 39.2 Å². The summed E-state index contributed by atoms with van der Waals surface area (Å²) in [5.41, 5.74) is 2.09. The second-order valence-corrected chi connectivity index (χ2v) is 5.50. The molecule has 22 heavy (non-hydrogen) atoms. The first kappa shape index (κ1) is 16.0. The van der Waals surface area contributed by atoms with Crippen molar-refractivity contribution in [1.82, 2.24) is 4.90 Å². The fourth-order valence-electron chi connectivity index (χ4n) is 2.48. The molecule has 0 aliphatic carbocycles. The average Bonchev–Trinajstić information content (AvgIpc) is 2.50. The summed E-state index contributed by atoms with van der Waals surface area (Å²) in [6.45, 7) is 3.43. The largest absolute Gasteiger partial charge is 0.480 e. The Morgan fingerprint density at radius 3 is 2.73 bits per heavy atom. The normalized spacial score (nSPS) is 14.7. The van der Waals surface area contributed by atoms with Crippen LogP contribution in [-0.4, -0.2) is 40.4 Å². The van der Waals surface area contributed by atoms with Gasteiger partial charge in [0.05, 0.1) is 0 Å². The SMILES string of the molecule is CC[C@H](C)N(CC(=O)O)C(=O)c1ccc2c(c1)CCC(=O)N2. The van der Waals surface area contributed by atoms with Crippen LogP contribution >= 0.6 is 0 Å². The van der Waals surface area contributed by atoms with Crippen molar-refractivity contribution < 1.29 is 19.5 Å². The molecule has 2 N–H and O–H groups in total. The Kier molecular flexibility index (Phi) is 4.80. The number of aliphatic carboxylic acids is 1. The average molecular weight is 304 g/mol. The Bertz CT molecular complexity index is 612. The smallest absolute Gasteiger partial charge is 0.323 e. The molecule has 0 bridgehead atoms. The monoisotopic (exact) mass is 304 g/mol. The Labute approximate surface area is 129 Å². The molecule has 1 atom stereocenters. The van der Waals surface area contributed by atoms with Gasteiger partial charge in [0, 0.05) is 23.7 Å². The van der Waals surface area contributed by atoms with Crippen LogP contribution in [0.25, 0.3) is 0 Å². The summed E-state index contributed by atoms with van der Waals surface area (Å²) < 4.78 is 0. The second kappa shape index (κ2) is 6.60. The zero-order valence-corrected chi connectivity index (χ0v) is 12.8. The fraction of sp³-hybridized carbons (Fsp3) is 0.438. The lowest BCUT2D eigenvalue weighted by molar-refractivity contribution is -0.138. The van der Waals surface area contributed by atoms with Crippen LogP contribution in [0.1, 0.15) is 42.6 Å². The van der Waals surface area contributed by atoms with Crippen molar-refractivity contribution in [2.24, 2.45) is 0 Å². The van der Waals surface area contributed by atoms with Gasteiger partial charge < -0.3 is 15.3 Å². The van der Waals surface area contributed by atoms with E-state index in [9.17, 15) is 14.4 Å². The van der Waals surface area contributed by atoms with E-state index in [2.05, 4.69) is 5.32 Å². The van der Waals surface area contributed by atoms with Gasteiger partial charge in [0.25, 0.3) is 5.91 Å². The molecule has 0 radical (unpaired) electrons. The van der Waals surface area contributed by atoms with E-state index in [1.807, 2.05) is 13.8 Å². The van der Waals surface area contributed by atoms with Crippen LogP contribution in [0.5, 0.6) is 0 Å². The van der Waals surface area contributed by atoms with Crippen molar-refractivity contribution in [3.05, 3.63) is 29.3 Å². The molecule has 1 aromatic carbocycles. The van der Waals surface area contributed by atoms with E-state index in [0.29, 0.717) is 24.8 Å². The summed E-state index contributed by atoms with van der Waals surface area (Å²) in [5, 5.41) is 11.8. The van der Waals surface area contributed by atoms with E-state index in [0.717, 1.165) is 11.3 Å². The topological polar surface area (TPSA) is 86.7 Å². The Morgan fingerprint density at radius 1 is 1.36 bits per heavy atom. The number of anilines is 1. The maximum atomic E-state index is 12.6. The van der Waals surface area contributed by atoms with Gasteiger partial charge in [-0.25, -0.2) is 0 Å². The number of carboxylic acids is 1. The predicted molar refractivity (Wildman–Crippen MR) is 81.8 cm³/mol. The second-order valence-electron chi connectivity index (χ2n) is 5.50. The standard InChI is InChI=1S/C16H20N2O4/c1-3-10(2)18(9-15(20)21)16(22)12-4-6-13-11(8-12)5-7-14(19)17-13/h4,6,8,10H,3,5,7,9H2,1-2H3,(H,17,19)(H,20,21)/t10-/m0/s1. The number of carboxylic acid groups (broad SMARTS) is 1. The Balaban J connectivity index is 2.27. The molecule has 1 heterocycles. The number of fused-ring (bicyclic) bond motifs is 1. The van der Waals surface area contributed by atoms with E-state index in [1.165, 1.54) is 4.90 Å². The van der Waals surface area contributed by atoms with Crippen LogP contribution in [0.4, 0.5) is 5.69 Å². The molecular formula is C16H20N2O4. The molecule has 0 fully saturated rings. The minimum Gasteiger partial charge on any atom is -0.480 e. The molecule has 1 aliphatic heterocycles. The molecule has 0 aromatic heterocycles. The number of hydrogen-bond donors (Lipinski definition) is 2. The van der Waals surface area contributed by atoms with Gasteiger partial charge in [0.15, 0.2) is 0 Å². The van der Waals surface area contributed by atoms with Crippen molar-refractivity contribution in [3.63, 3.8) is 0 Å². The summed E-state index contributed by atoms with van der Waals surface area (Å²) in [4.78, 5) is 36.3. The molecule has 1 aliphatic rings. The van der Waals surface area contributed by atoms with E-state index in [1.54, 1.807) is 18.2 Å². The molecule has 118 valence electrons. The summed E-state index contributed by atoms with van der Waals surface area (Å²) in [7, 11) is 0. The molecule has 0 spiro atoms. The number of amides is 2. The van der Waals surface area contributed by atoms with E-state index in [-0.39, 0.29) is 24.4 Å². The third kappa shape index (κ3) is 3.44. The van der Waals surface area contributed by atoms with Crippen molar-refractivity contribution in [2.75, 3.05) is 11.9 Å². The summed E-state index contributed by atoms with van der Waals surface area (Å²) in [6.07, 6.45) is 1.67. The first-order valence-electron chi connectivity index (χ1n) is 7.38. The van der Waals surface area contributed by atoms with Crippen molar-refractivity contribution in [1.29, 1.82) is 0 Å². The highest BCUT2D eigenvalue weighted by atomic mass is 16.4. The van der Waals surface area contributed by atoms with Gasteiger partial charge in [-0.3, -0.25) is 14.4 Å². The summed E-state index contributed by atoms with van der Waals surface area (Å²) in [6, 6.07) is 4.92. The lowest BCUT2D eigenvalue weighted by Crippen LogP contribution is -2.41. The van der Waals surface area contributed by atoms with Gasteiger partial charge in [0.2, 0.25) is 5.91 Å². The first-order chi connectivity index (χ1) is 10.4. The van der Waals surface area contributed by atoms with Gasteiger partial charge >= 0.3 is 5.97 Å². The number of aryl methyl sites for hydroxylation is 1. The van der Waals surface area contributed by atoms with E-state index >= 15 is 0 Å². The Morgan fingerprint density at radius 2 is 2.09 bits per heavy atom. The molecule has 2 amide bonds. The first-order valence-corrected chi connectivity index (χ1v) is 7.38.